The van der Waals surface area contributed by atoms with E-state index in [4.69, 9.17) is 9.47 Å². The molecule has 0 aromatic heterocycles. The Hall–Kier alpha value is -1.07. The number of ether oxygens (including phenoxy) is 2. The van der Waals surface area contributed by atoms with Gasteiger partial charge >= 0.3 is 0 Å². The molecule has 0 spiro atoms. The van der Waals surface area contributed by atoms with Crippen LogP contribution in [0.4, 0.5) is 0 Å². The highest BCUT2D eigenvalue weighted by molar-refractivity contribution is 9.10. The fourth-order valence-corrected chi connectivity index (χ4v) is 1.58. The van der Waals surface area contributed by atoms with Crippen LogP contribution in [0.1, 0.15) is 6.42 Å². The molecule has 0 fully saturated rings. The molecule has 0 heterocycles. The molecule has 0 aliphatic carbocycles. The lowest BCUT2D eigenvalue weighted by Crippen LogP contribution is -2.30. The van der Waals surface area contributed by atoms with Crippen molar-refractivity contribution in [1.82, 2.24) is 5.32 Å². The molecule has 1 aromatic carbocycles. The molecule has 0 saturated heterocycles. The van der Waals surface area contributed by atoms with Gasteiger partial charge in [-0.15, -0.1) is 0 Å². The van der Waals surface area contributed by atoms with E-state index in [1.807, 2.05) is 24.3 Å². The molecule has 1 aromatic rings. The van der Waals surface area contributed by atoms with E-state index in [9.17, 15) is 4.79 Å². The second-order valence-electron chi connectivity index (χ2n) is 3.44. The van der Waals surface area contributed by atoms with Gasteiger partial charge in [0.05, 0.1) is 0 Å². The summed E-state index contributed by atoms with van der Waals surface area (Å²) in [4.78, 5) is 11.4. The summed E-state index contributed by atoms with van der Waals surface area (Å²) < 4.78 is 11.1. The van der Waals surface area contributed by atoms with Gasteiger partial charge in [0, 0.05) is 24.7 Å². The van der Waals surface area contributed by atoms with E-state index >= 15 is 0 Å². The maximum absolute atomic E-state index is 11.4. The molecule has 0 unspecified atom stereocenters. The normalized spacial score (nSPS) is 10.0. The Morgan fingerprint density at radius 3 is 3.00 bits per heavy atom. The highest BCUT2D eigenvalue weighted by atomic mass is 79.9. The maximum atomic E-state index is 11.4. The molecule has 0 aliphatic rings. The van der Waals surface area contributed by atoms with Crippen LogP contribution in [0.2, 0.25) is 0 Å². The SMILES string of the molecule is COCCCNC(=O)COc1cccc(Br)c1. The van der Waals surface area contributed by atoms with Crippen molar-refractivity contribution in [2.24, 2.45) is 0 Å². The lowest BCUT2D eigenvalue weighted by atomic mass is 10.3. The molecule has 5 heteroatoms. The van der Waals surface area contributed by atoms with Gasteiger partial charge in [-0.2, -0.15) is 0 Å². The highest BCUT2D eigenvalue weighted by Gasteiger charge is 2.02. The van der Waals surface area contributed by atoms with Crippen molar-refractivity contribution in [2.75, 3.05) is 26.9 Å². The highest BCUT2D eigenvalue weighted by Crippen LogP contribution is 2.17. The first-order valence-electron chi connectivity index (χ1n) is 5.36. The minimum atomic E-state index is -0.124. The number of amides is 1. The summed E-state index contributed by atoms with van der Waals surface area (Å²) in [7, 11) is 1.64. The Labute approximate surface area is 109 Å². The number of rotatable bonds is 7. The Morgan fingerprint density at radius 2 is 2.29 bits per heavy atom. The predicted molar refractivity (Wildman–Crippen MR) is 69.1 cm³/mol. The van der Waals surface area contributed by atoms with Crippen LogP contribution >= 0.6 is 15.9 Å². The Kier molecular flexibility index (Phi) is 6.65. The molecule has 1 amide bonds. The van der Waals surface area contributed by atoms with Gasteiger partial charge in [0.2, 0.25) is 0 Å². The lowest BCUT2D eigenvalue weighted by Gasteiger charge is -2.07. The first kappa shape index (κ1) is 14.0. The van der Waals surface area contributed by atoms with Crippen LogP contribution in [0.5, 0.6) is 5.75 Å². The van der Waals surface area contributed by atoms with Gasteiger partial charge in [0.15, 0.2) is 6.61 Å². The zero-order valence-electron chi connectivity index (χ0n) is 9.74. The molecule has 1 rings (SSSR count). The summed E-state index contributed by atoms with van der Waals surface area (Å²) in [5.41, 5.74) is 0. The maximum Gasteiger partial charge on any atom is 0.257 e. The smallest absolute Gasteiger partial charge is 0.257 e. The van der Waals surface area contributed by atoms with Crippen LogP contribution in [-0.4, -0.2) is 32.8 Å². The average molecular weight is 302 g/mol. The van der Waals surface area contributed by atoms with Crippen molar-refractivity contribution in [3.63, 3.8) is 0 Å². The van der Waals surface area contributed by atoms with E-state index in [2.05, 4.69) is 21.2 Å². The third kappa shape index (κ3) is 6.28. The number of halogens is 1. The topological polar surface area (TPSA) is 47.6 Å². The summed E-state index contributed by atoms with van der Waals surface area (Å²) >= 11 is 3.33. The van der Waals surface area contributed by atoms with Crippen LogP contribution in [-0.2, 0) is 9.53 Å². The van der Waals surface area contributed by atoms with Crippen molar-refractivity contribution in [2.45, 2.75) is 6.42 Å². The summed E-state index contributed by atoms with van der Waals surface area (Å²) in [5, 5.41) is 2.75. The Bertz CT molecular complexity index is 357. The van der Waals surface area contributed by atoms with Crippen molar-refractivity contribution < 1.29 is 14.3 Å². The van der Waals surface area contributed by atoms with Crippen molar-refractivity contribution in [3.05, 3.63) is 28.7 Å². The van der Waals surface area contributed by atoms with Gasteiger partial charge in [-0.1, -0.05) is 22.0 Å². The first-order chi connectivity index (χ1) is 8.22. The molecule has 17 heavy (non-hydrogen) atoms. The number of carbonyl (C=O) groups is 1. The Morgan fingerprint density at radius 1 is 1.47 bits per heavy atom. The number of methoxy groups -OCH3 is 1. The van der Waals surface area contributed by atoms with Crippen molar-refractivity contribution >= 4 is 21.8 Å². The summed E-state index contributed by atoms with van der Waals surface area (Å²) in [5.74, 6) is 0.549. The fraction of sp³-hybridized carbons (Fsp3) is 0.417. The zero-order valence-corrected chi connectivity index (χ0v) is 11.3. The summed E-state index contributed by atoms with van der Waals surface area (Å²) in [6.45, 7) is 1.28. The number of nitrogens with one attached hydrogen (secondary N) is 1. The van der Waals surface area contributed by atoms with Crippen LogP contribution in [0.3, 0.4) is 0 Å². The second kappa shape index (κ2) is 8.08. The Balaban J connectivity index is 2.19. The second-order valence-corrected chi connectivity index (χ2v) is 4.36. The number of carbonyl (C=O) groups excluding carboxylic acids is 1. The molecule has 0 bridgehead atoms. The van der Waals surface area contributed by atoms with Gasteiger partial charge in [-0.25, -0.2) is 0 Å². The summed E-state index contributed by atoms with van der Waals surface area (Å²) in [6.07, 6.45) is 0.805. The number of benzene rings is 1. The zero-order chi connectivity index (χ0) is 12.5. The van der Waals surface area contributed by atoms with E-state index < -0.39 is 0 Å². The molecule has 1 N–H and O–H groups in total. The van der Waals surface area contributed by atoms with Crippen LogP contribution in [0.15, 0.2) is 28.7 Å². The van der Waals surface area contributed by atoms with E-state index in [0.717, 1.165) is 10.9 Å². The van der Waals surface area contributed by atoms with E-state index in [1.165, 1.54) is 0 Å². The molecule has 4 nitrogen and oxygen atoms in total. The monoisotopic (exact) mass is 301 g/mol. The molecular formula is C12H16BrNO3. The van der Waals surface area contributed by atoms with Crippen LogP contribution in [0, 0.1) is 0 Å². The minimum Gasteiger partial charge on any atom is -0.484 e. The minimum absolute atomic E-state index is 0.0312. The van der Waals surface area contributed by atoms with Gasteiger partial charge in [-0.3, -0.25) is 4.79 Å². The van der Waals surface area contributed by atoms with Gasteiger partial charge < -0.3 is 14.8 Å². The predicted octanol–water partition coefficient (Wildman–Crippen LogP) is 1.98. The molecule has 94 valence electrons. The number of hydrogen-bond donors (Lipinski definition) is 1. The molecule has 0 atom stereocenters. The molecule has 0 radical (unpaired) electrons. The third-order valence-electron chi connectivity index (χ3n) is 2.01. The van der Waals surface area contributed by atoms with Gasteiger partial charge in [-0.05, 0) is 24.6 Å². The first-order valence-corrected chi connectivity index (χ1v) is 6.15. The van der Waals surface area contributed by atoms with E-state index in [-0.39, 0.29) is 12.5 Å². The number of hydrogen-bond acceptors (Lipinski definition) is 3. The largest absolute Gasteiger partial charge is 0.484 e. The molecular weight excluding hydrogens is 286 g/mol. The van der Waals surface area contributed by atoms with E-state index in [1.54, 1.807) is 7.11 Å². The van der Waals surface area contributed by atoms with Gasteiger partial charge in [0.25, 0.3) is 5.91 Å². The average Bonchev–Trinajstić information content (AvgIpc) is 2.32. The van der Waals surface area contributed by atoms with Crippen molar-refractivity contribution in [3.8, 4) is 5.75 Å². The third-order valence-corrected chi connectivity index (χ3v) is 2.51. The van der Waals surface area contributed by atoms with Crippen LogP contribution in [0.25, 0.3) is 0 Å². The standard InChI is InChI=1S/C12H16BrNO3/c1-16-7-3-6-14-12(15)9-17-11-5-2-4-10(13)8-11/h2,4-5,8H,3,6-7,9H2,1H3,(H,14,15). The quantitative estimate of drug-likeness (QED) is 0.784. The lowest BCUT2D eigenvalue weighted by molar-refractivity contribution is -0.123. The van der Waals surface area contributed by atoms with Crippen LogP contribution < -0.4 is 10.1 Å². The summed E-state index contributed by atoms with van der Waals surface area (Å²) in [6, 6.07) is 7.38. The van der Waals surface area contributed by atoms with Crippen molar-refractivity contribution in [1.29, 1.82) is 0 Å². The molecule has 0 saturated carbocycles. The fourth-order valence-electron chi connectivity index (χ4n) is 1.20. The van der Waals surface area contributed by atoms with E-state index in [0.29, 0.717) is 18.9 Å². The van der Waals surface area contributed by atoms with Gasteiger partial charge in [0.1, 0.15) is 5.75 Å². The molecule has 0 aliphatic heterocycles.